The summed E-state index contributed by atoms with van der Waals surface area (Å²) in [5, 5.41) is 13.1. The minimum atomic E-state index is -0.377. The molecule has 2 rings (SSSR count). The third-order valence-corrected chi connectivity index (χ3v) is 2.95. The van der Waals surface area contributed by atoms with Gasteiger partial charge in [-0.15, -0.1) is 0 Å². The van der Waals surface area contributed by atoms with E-state index in [1.807, 2.05) is 25.1 Å². The highest BCUT2D eigenvalue weighted by atomic mass is 16.3. The average molecular weight is 206 g/mol. The second-order valence-electron chi connectivity index (χ2n) is 4.00. The van der Waals surface area contributed by atoms with Gasteiger partial charge < -0.3 is 10.4 Å². The van der Waals surface area contributed by atoms with Gasteiger partial charge in [-0.3, -0.25) is 4.90 Å². The maximum Gasteiger partial charge on any atom is 0.105 e. The summed E-state index contributed by atoms with van der Waals surface area (Å²) in [7, 11) is 0. The summed E-state index contributed by atoms with van der Waals surface area (Å²) in [6.45, 7) is 4.60. The molecule has 0 aromatic heterocycles. The van der Waals surface area contributed by atoms with Crippen LogP contribution in [0.3, 0.4) is 0 Å². The van der Waals surface area contributed by atoms with Crippen molar-refractivity contribution in [2.24, 2.45) is 0 Å². The van der Waals surface area contributed by atoms with Gasteiger partial charge in [0.15, 0.2) is 0 Å². The molecule has 2 atom stereocenters. The molecular weight excluding hydrogens is 188 g/mol. The molecule has 0 radical (unpaired) electrons. The van der Waals surface area contributed by atoms with Crippen LogP contribution in [0.5, 0.6) is 0 Å². The Balaban J connectivity index is 2.18. The van der Waals surface area contributed by atoms with Crippen molar-refractivity contribution in [3.8, 4) is 0 Å². The van der Waals surface area contributed by atoms with Crippen molar-refractivity contribution in [1.29, 1.82) is 0 Å². The number of aliphatic hydroxyl groups excluding tert-OH is 1. The van der Waals surface area contributed by atoms with Gasteiger partial charge in [0.05, 0.1) is 0 Å². The maximum absolute atomic E-state index is 9.71. The van der Waals surface area contributed by atoms with E-state index in [0.717, 1.165) is 19.6 Å². The maximum atomic E-state index is 9.71. The summed E-state index contributed by atoms with van der Waals surface area (Å²) >= 11 is 0. The number of rotatable bonds is 2. The molecule has 82 valence electrons. The summed E-state index contributed by atoms with van der Waals surface area (Å²) in [5.41, 5.74) is 1.27. The number of nitrogens with zero attached hydrogens (tertiary/aromatic N) is 1. The summed E-state index contributed by atoms with van der Waals surface area (Å²) in [6.07, 6.45) is -0.377. The normalized spacial score (nSPS) is 25.1. The second-order valence-corrected chi connectivity index (χ2v) is 4.00. The lowest BCUT2D eigenvalue weighted by atomic mass is 10.0. The topological polar surface area (TPSA) is 35.5 Å². The number of hydrogen-bond donors (Lipinski definition) is 2. The Kier molecular flexibility index (Phi) is 3.36. The van der Waals surface area contributed by atoms with Crippen LogP contribution in [-0.4, -0.2) is 35.9 Å². The Labute approximate surface area is 90.7 Å². The smallest absolute Gasteiger partial charge is 0.105 e. The molecule has 1 heterocycles. The molecule has 1 aliphatic rings. The van der Waals surface area contributed by atoms with Crippen LogP contribution < -0.4 is 5.32 Å². The molecule has 1 aromatic carbocycles. The van der Waals surface area contributed by atoms with E-state index in [4.69, 9.17) is 0 Å². The molecular formula is C12H18N2O. The largest absolute Gasteiger partial charge is 0.379 e. The van der Waals surface area contributed by atoms with E-state index in [0.29, 0.717) is 6.04 Å². The van der Waals surface area contributed by atoms with Crippen LogP contribution >= 0.6 is 0 Å². The number of hydrogen-bond acceptors (Lipinski definition) is 3. The summed E-state index contributed by atoms with van der Waals surface area (Å²) in [5.74, 6) is 0. The Morgan fingerprint density at radius 1 is 1.40 bits per heavy atom. The van der Waals surface area contributed by atoms with Gasteiger partial charge in [0.1, 0.15) is 6.23 Å². The Morgan fingerprint density at radius 2 is 2.13 bits per heavy atom. The molecule has 0 aliphatic carbocycles. The van der Waals surface area contributed by atoms with Crippen LogP contribution in [0, 0.1) is 0 Å². The summed E-state index contributed by atoms with van der Waals surface area (Å²) in [4.78, 5) is 2.13. The van der Waals surface area contributed by atoms with Gasteiger partial charge in [-0.2, -0.15) is 0 Å². The fourth-order valence-corrected chi connectivity index (χ4v) is 2.15. The van der Waals surface area contributed by atoms with E-state index in [9.17, 15) is 5.11 Å². The van der Waals surface area contributed by atoms with E-state index in [1.165, 1.54) is 5.56 Å². The van der Waals surface area contributed by atoms with Gasteiger partial charge in [-0.05, 0) is 12.5 Å². The van der Waals surface area contributed by atoms with Crippen LogP contribution in [0.15, 0.2) is 30.3 Å². The van der Waals surface area contributed by atoms with Gasteiger partial charge >= 0.3 is 0 Å². The van der Waals surface area contributed by atoms with Crippen LogP contribution in [0.4, 0.5) is 0 Å². The molecule has 0 spiro atoms. The third kappa shape index (κ3) is 2.37. The molecule has 3 nitrogen and oxygen atoms in total. The molecule has 0 saturated carbocycles. The number of piperazine rings is 1. The lowest BCUT2D eigenvalue weighted by Gasteiger charge is -2.38. The van der Waals surface area contributed by atoms with E-state index in [1.54, 1.807) is 0 Å². The summed E-state index contributed by atoms with van der Waals surface area (Å²) < 4.78 is 0. The fourth-order valence-electron chi connectivity index (χ4n) is 2.15. The molecule has 1 aromatic rings. The molecule has 1 saturated heterocycles. The first-order valence-corrected chi connectivity index (χ1v) is 5.48. The quantitative estimate of drug-likeness (QED) is 0.757. The number of nitrogens with one attached hydrogen (secondary N) is 1. The lowest BCUT2D eigenvalue weighted by molar-refractivity contribution is -0.0232. The number of benzene rings is 1. The first-order valence-electron chi connectivity index (χ1n) is 5.48. The van der Waals surface area contributed by atoms with Gasteiger partial charge in [-0.25, -0.2) is 0 Å². The highest BCUT2D eigenvalue weighted by molar-refractivity contribution is 5.20. The molecule has 1 aliphatic heterocycles. The lowest BCUT2D eigenvalue weighted by Crippen LogP contribution is -2.49. The average Bonchev–Trinajstić information content (AvgIpc) is 2.30. The molecule has 2 N–H and O–H groups in total. The van der Waals surface area contributed by atoms with Crippen molar-refractivity contribution in [2.45, 2.75) is 19.2 Å². The Bertz CT molecular complexity index is 300. The van der Waals surface area contributed by atoms with Crippen molar-refractivity contribution in [2.75, 3.05) is 19.6 Å². The zero-order valence-electron chi connectivity index (χ0n) is 9.06. The van der Waals surface area contributed by atoms with Crippen molar-refractivity contribution in [1.82, 2.24) is 10.2 Å². The van der Waals surface area contributed by atoms with E-state index in [2.05, 4.69) is 22.3 Å². The van der Waals surface area contributed by atoms with Crippen molar-refractivity contribution >= 4 is 0 Å². The predicted octanol–water partition coefficient (Wildman–Crippen LogP) is 0.971. The van der Waals surface area contributed by atoms with Gasteiger partial charge in [-0.1, -0.05) is 30.3 Å². The first-order chi connectivity index (χ1) is 7.29. The van der Waals surface area contributed by atoms with E-state index in [-0.39, 0.29) is 6.23 Å². The van der Waals surface area contributed by atoms with Crippen LogP contribution in [0.2, 0.25) is 0 Å². The molecule has 15 heavy (non-hydrogen) atoms. The standard InChI is InChI=1S/C12H18N2O/c1-10(15)14-8-7-13-9-12(14)11-5-3-2-4-6-11/h2-6,10,12-13,15H,7-9H2,1H3. The monoisotopic (exact) mass is 206 g/mol. The Hall–Kier alpha value is -0.900. The van der Waals surface area contributed by atoms with Crippen molar-refractivity contribution in [3.05, 3.63) is 35.9 Å². The third-order valence-electron chi connectivity index (χ3n) is 2.95. The first kappa shape index (κ1) is 10.6. The minimum Gasteiger partial charge on any atom is -0.379 e. The van der Waals surface area contributed by atoms with Crippen LogP contribution in [-0.2, 0) is 0 Å². The predicted molar refractivity (Wildman–Crippen MR) is 60.4 cm³/mol. The minimum absolute atomic E-state index is 0.292. The molecule has 1 fully saturated rings. The Morgan fingerprint density at radius 3 is 2.80 bits per heavy atom. The van der Waals surface area contributed by atoms with E-state index < -0.39 is 0 Å². The number of aliphatic hydroxyl groups is 1. The zero-order valence-corrected chi connectivity index (χ0v) is 9.06. The van der Waals surface area contributed by atoms with Crippen LogP contribution in [0.1, 0.15) is 18.5 Å². The zero-order chi connectivity index (χ0) is 10.7. The van der Waals surface area contributed by atoms with Gasteiger partial charge in [0.25, 0.3) is 0 Å². The SMILES string of the molecule is CC(O)N1CCNCC1c1ccccc1. The van der Waals surface area contributed by atoms with Gasteiger partial charge in [0, 0.05) is 25.7 Å². The van der Waals surface area contributed by atoms with Crippen molar-refractivity contribution in [3.63, 3.8) is 0 Å². The second kappa shape index (κ2) is 4.75. The molecule has 3 heteroatoms. The molecule has 2 unspecified atom stereocenters. The van der Waals surface area contributed by atoms with Crippen LogP contribution in [0.25, 0.3) is 0 Å². The van der Waals surface area contributed by atoms with Gasteiger partial charge in [0.2, 0.25) is 0 Å². The highest BCUT2D eigenvalue weighted by Gasteiger charge is 2.26. The fraction of sp³-hybridized carbons (Fsp3) is 0.500. The molecule has 0 bridgehead atoms. The highest BCUT2D eigenvalue weighted by Crippen LogP contribution is 2.23. The van der Waals surface area contributed by atoms with Crippen molar-refractivity contribution < 1.29 is 5.11 Å². The molecule has 0 amide bonds. The van der Waals surface area contributed by atoms with E-state index >= 15 is 0 Å². The summed E-state index contributed by atoms with van der Waals surface area (Å²) in [6, 6.07) is 10.6.